The molecular weight excluding hydrogens is 270 g/mol. The van der Waals surface area contributed by atoms with Gasteiger partial charge in [-0.25, -0.2) is 0 Å². The maximum absolute atomic E-state index is 11.4. The largest absolute Gasteiger partial charge is 0.497 e. The molecule has 108 valence electrons. The minimum absolute atomic E-state index is 0.259. The number of fused-ring (bicyclic) bond motifs is 1. The number of hydrogen-bond donors (Lipinski definition) is 0. The van der Waals surface area contributed by atoms with E-state index in [9.17, 15) is 10.1 Å². The number of para-hydroxylation sites is 1. The highest BCUT2D eigenvalue weighted by Crippen LogP contribution is 2.36. The SMILES string of the molecule is COc1ccc([C@H]2Oc3ccccc3C[C@H]2[N+](=O)[O-])cc1. The Labute approximate surface area is 122 Å². The second-order valence-corrected chi connectivity index (χ2v) is 4.98. The van der Waals surface area contributed by atoms with E-state index in [-0.39, 0.29) is 4.92 Å². The minimum Gasteiger partial charge on any atom is -0.497 e. The van der Waals surface area contributed by atoms with Gasteiger partial charge in [0.1, 0.15) is 11.5 Å². The van der Waals surface area contributed by atoms with Crippen LogP contribution in [0.15, 0.2) is 48.5 Å². The Kier molecular flexibility index (Phi) is 3.48. The molecule has 0 aromatic heterocycles. The second kappa shape index (κ2) is 5.44. The molecule has 1 heterocycles. The van der Waals surface area contributed by atoms with E-state index in [1.165, 1.54) is 0 Å². The van der Waals surface area contributed by atoms with Crippen molar-refractivity contribution in [2.45, 2.75) is 18.6 Å². The van der Waals surface area contributed by atoms with E-state index >= 15 is 0 Å². The molecule has 0 amide bonds. The highest BCUT2D eigenvalue weighted by Gasteiger charge is 2.39. The summed E-state index contributed by atoms with van der Waals surface area (Å²) in [5.41, 5.74) is 1.66. The van der Waals surface area contributed by atoms with Crippen LogP contribution in [0, 0.1) is 10.1 Å². The van der Waals surface area contributed by atoms with Crippen molar-refractivity contribution < 1.29 is 14.4 Å². The molecule has 2 atom stereocenters. The maximum atomic E-state index is 11.4. The van der Waals surface area contributed by atoms with Gasteiger partial charge < -0.3 is 9.47 Å². The summed E-state index contributed by atoms with van der Waals surface area (Å²) >= 11 is 0. The van der Waals surface area contributed by atoms with Crippen molar-refractivity contribution in [3.63, 3.8) is 0 Å². The fourth-order valence-corrected chi connectivity index (χ4v) is 2.60. The summed E-state index contributed by atoms with van der Waals surface area (Å²) in [4.78, 5) is 11.1. The number of rotatable bonds is 3. The zero-order valence-electron chi connectivity index (χ0n) is 11.6. The third-order valence-corrected chi connectivity index (χ3v) is 3.72. The molecule has 0 unspecified atom stereocenters. The quantitative estimate of drug-likeness (QED) is 0.642. The van der Waals surface area contributed by atoms with Crippen molar-refractivity contribution in [2.75, 3.05) is 7.11 Å². The maximum Gasteiger partial charge on any atom is 0.257 e. The fourth-order valence-electron chi connectivity index (χ4n) is 2.60. The first-order valence-corrected chi connectivity index (χ1v) is 6.71. The summed E-state index contributed by atoms with van der Waals surface area (Å²) in [6.45, 7) is 0. The Morgan fingerprint density at radius 3 is 2.57 bits per heavy atom. The van der Waals surface area contributed by atoms with Crippen LogP contribution in [0.3, 0.4) is 0 Å². The predicted molar refractivity (Wildman–Crippen MR) is 77.3 cm³/mol. The van der Waals surface area contributed by atoms with Crippen molar-refractivity contribution >= 4 is 0 Å². The van der Waals surface area contributed by atoms with E-state index in [2.05, 4.69) is 0 Å². The van der Waals surface area contributed by atoms with Gasteiger partial charge in [-0.2, -0.15) is 0 Å². The van der Waals surface area contributed by atoms with Crippen molar-refractivity contribution in [1.82, 2.24) is 0 Å². The molecule has 2 aromatic rings. The van der Waals surface area contributed by atoms with Crippen molar-refractivity contribution in [3.05, 3.63) is 69.8 Å². The third kappa shape index (κ3) is 2.54. The van der Waals surface area contributed by atoms with Crippen LogP contribution in [0.25, 0.3) is 0 Å². The number of nitro groups is 1. The van der Waals surface area contributed by atoms with Crippen LogP contribution < -0.4 is 9.47 Å². The number of methoxy groups -OCH3 is 1. The highest BCUT2D eigenvalue weighted by atomic mass is 16.6. The van der Waals surface area contributed by atoms with Crippen LogP contribution in [0.5, 0.6) is 11.5 Å². The van der Waals surface area contributed by atoms with Crippen LogP contribution >= 0.6 is 0 Å². The molecule has 0 fully saturated rings. The summed E-state index contributed by atoms with van der Waals surface area (Å²) in [5.74, 6) is 1.43. The molecule has 21 heavy (non-hydrogen) atoms. The molecule has 0 spiro atoms. The summed E-state index contributed by atoms with van der Waals surface area (Å²) in [6, 6.07) is 13.9. The van der Waals surface area contributed by atoms with Crippen molar-refractivity contribution in [1.29, 1.82) is 0 Å². The molecule has 1 aliphatic heterocycles. The molecule has 0 saturated heterocycles. The van der Waals surface area contributed by atoms with Crippen LogP contribution in [-0.4, -0.2) is 18.1 Å². The van der Waals surface area contributed by atoms with Gasteiger partial charge >= 0.3 is 0 Å². The van der Waals surface area contributed by atoms with Gasteiger partial charge in [0.2, 0.25) is 0 Å². The Morgan fingerprint density at radius 1 is 1.19 bits per heavy atom. The van der Waals surface area contributed by atoms with Crippen LogP contribution in [0.2, 0.25) is 0 Å². The van der Waals surface area contributed by atoms with Crippen LogP contribution in [0.1, 0.15) is 17.2 Å². The average molecular weight is 285 g/mol. The summed E-state index contributed by atoms with van der Waals surface area (Å²) in [7, 11) is 1.59. The third-order valence-electron chi connectivity index (χ3n) is 3.72. The molecule has 0 bridgehead atoms. The van der Waals surface area contributed by atoms with E-state index in [4.69, 9.17) is 9.47 Å². The monoisotopic (exact) mass is 285 g/mol. The summed E-state index contributed by atoms with van der Waals surface area (Å²) in [5, 5.41) is 11.4. The van der Waals surface area contributed by atoms with Gasteiger partial charge in [0.05, 0.1) is 7.11 Å². The Bertz CT molecular complexity index is 654. The first-order valence-electron chi connectivity index (χ1n) is 6.71. The molecule has 5 nitrogen and oxygen atoms in total. The lowest BCUT2D eigenvalue weighted by Gasteiger charge is -2.28. The Balaban J connectivity index is 1.96. The average Bonchev–Trinajstić information content (AvgIpc) is 2.53. The normalized spacial score (nSPS) is 20.2. The number of benzene rings is 2. The highest BCUT2D eigenvalue weighted by molar-refractivity contribution is 5.38. The zero-order valence-corrected chi connectivity index (χ0v) is 11.6. The molecule has 3 rings (SSSR count). The zero-order chi connectivity index (χ0) is 14.8. The number of nitrogens with zero attached hydrogens (tertiary/aromatic N) is 1. The standard InChI is InChI=1S/C16H15NO4/c1-20-13-8-6-11(7-9-13)16-14(17(18)19)10-12-4-2-3-5-15(12)21-16/h2-9,14,16H,10H2,1H3/t14-,16-/m1/s1. The van der Waals surface area contributed by atoms with Gasteiger partial charge in [-0.15, -0.1) is 0 Å². The predicted octanol–water partition coefficient (Wildman–Crippen LogP) is 3.02. The van der Waals surface area contributed by atoms with Crippen LogP contribution in [-0.2, 0) is 6.42 Å². The number of hydrogen-bond acceptors (Lipinski definition) is 4. The molecular formula is C16H15NO4. The van der Waals surface area contributed by atoms with E-state index in [1.807, 2.05) is 36.4 Å². The molecule has 1 aliphatic rings. The topological polar surface area (TPSA) is 61.6 Å². The second-order valence-electron chi connectivity index (χ2n) is 4.98. The van der Waals surface area contributed by atoms with E-state index in [0.29, 0.717) is 12.2 Å². The van der Waals surface area contributed by atoms with Gasteiger partial charge in [-0.05, 0) is 23.8 Å². The Morgan fingerprint density at radius 2 is 1.90 bits per heavy atom. The molecule has 0 N–H and O–H groups in total. The number of ether oxygens (including phenoxy) is 2. The van der Waals surface area contributed by atoms with Gasteiger partial charge in [0.15, 0.2) is 6.10 Å². The molecule has 5 heteroatoms. The van der Waals surface area contributed by atoms with Gasteiger partial charge in [-0.3, -0.25) is 10.1 Å². The lowest BCUT2D eigenvalue weighted by atomic mass is 9.93. The fraction of sp³-hybridized carbons (Fsp3) is 0.250. The van der Waals surface area contributed by atoms with Gasteiger partial charge in [0, 0.05) is 16.9 Å². The molecule has 0 aliphatic carbocycles. The summed E-state index contributed by atoms with van der Waals surface area (Å²) < 4.78 is 11.0. The lowest BCUT2D eigenvalue weighted by Crippen LogP contribution is -2.36. The van der Waals surface area contributed by atoms with Gasteiger partial charge in [0.25, 0.3) is 6.04 Å². The lowest BCUT2D eigenvalue weighted by molar-refractivity contribution is -0.535. The van der Waals surface area contributed by atoms with E-state index in [0.717, 1.165) is 16.9 Å². The molecule has 2 aromatic carbocycles. The van der Waals surface area contributed by atoms with Crippen molar-refractivity contribution in [2.24, 2.45) is 0 Å². The van der Waals surface area contributed by atoms with E-state index in [1.54, 1.807) is 19.2 Å². The van der Waals surface area contributed by atoms with Crippen molar-refractivity contribution in [3.8, 4) is 11.5 Å². The molecule has 0 saturated carbocycles. The summed E-state index contributed by atoms with van der Waals surface area (Å²) in [6.07, 6.45) is -0.208. The van der Waals surface area contributed by atoms with Gasteiger partial charge in [-0.1, -0.05) is 30.3 Å². The van der Waals surface area contributed by atoms with E-state index < -0.39 is 12.1 Å². The minimum atomic E-state index is -0.784. The first kappa shape index (κ1) is 13.4. The Hall–Kier alpha value is -2.56. The first-order chi connectivity index (χ1) is 10.2. The van der Waals surface area contributed by atoms with Crippen LogP contribution in [0.4, 0.5) is 0 Å². The molecule has 0 radical (unpaired) electrons. The smallest absolute Gasteiger partial charge is 0.257 e.